The highest BCUT2D eigenvalue weighted by Gasteiger charge is 2.16. The molecule has 114 valence electrons. The summed E-state index contributed by atoms with van der Waals surface area (Å²) in [5.41, 5.74) is 2.41. The number of benzene rings is 2. The largest absolute Gasteiger partial charge is 0.325 e. The molecule has 1 N–H and O–H groups in total. The first-order valence-electron chi connectivity index (χ1n) is 6.86. The van der Waals surface area contributed by atoms with Crippen LogP contribution in [0.2, 0.25) is 5.02 Å². The third-order valence-corrected chi connectivity index (χ3v) is 3.37. The third-order valence-electron chi connectivity index (χ3n) is 3.14. The van der Waals surface area contributed by atoms with E-state index in [1.54, 1.807) is 24.3 Å². The van der Waals surface area contributed by atoms with Crippen molar-refractivity contribution < 1.29 is 9.59 Å². The maximum Gasteiger partial charge on any atom is 0.244 e. The Labute approximate surface area is 134 Å². The van der Waals surface area contributed by atoms with E-state index in [1.165, 1.54) is 11.8 Å². The van der Waals surface area contributed by atoms with Crippen LogP contribution in [0.3, 0.4) is 0 Å². The molecule has 0 atom stereocenters. The van der Waals surface area contributed by atoms with Gasteiger partial charge in [0.1, 0.15) is 6.54 Å². The summed E-state index contributed by atoms with van der Waals surface area (Å²) in [5.74, 6) is -0.486. The van der Waals surface area contributed by atoms with E-state index in [9.17, 15) is 9.59 Å². The lowest BCUT2D eigenvalue weighted by Gasteiger charge is -2.21. The first-order valence-corrected chi connectivity index (χ1v) is 7.23. The number of carbonyl (C=O) groups excluding carboxylic acids is 2. The maximum absolute atomic E-state index is 12.1. The highest BCUT2D eigenvalue weighted by atomic mass is 35.5. The predicted octanol–water partition coefficient (Wildman–Crippen LogP) is 3.64. The number of carbonyl (C=O) groups is 2. The fourth-order valence-electron chi connectivity index (χ4n) is 2.01. The van der Waals surface area contributed by atoms with Crippen LogP contribution < -0.4 is 10.2 Å². The highest BCUT2D eigenvalue weighted by Crippen LogP contribution is 2.19. The van der Waals surface area contributed by atoms with Crippen LogP contribution in [0.4, 0.5) is 11.4 Å². The molecule has 0 spiro atoms. The summed E-state index contributed by atoms with van der Waals surface area (Å²) in [6, 6.07) is 14.3. The van der Waals surface area contributed by atoms with Crippen molar-refractivity contribution in [2.75, 3.05) is 16.8 Å². The van der Waals surface area contributed by atoms with Crippen LogP contribution in [0, 0.1) is 6.92 Å². The van der Waals surface area contributed by atoms with E-state index >= 15 is 0 Å². The number of rotatable bonds is 4. The number of anilines is 2. The van der Waals surface area contributed by atoms with Gasteiger partial charge >= 0.3 is 0 Å². The second-order valence-electron chi connectivity index (χ2n) is 5.00. The minimum absolute atomic E-state index is 0.0659. The van der Waals surface area contributed by atoms with Gasteiger partial charge in [-0.2, -0.15) is 0 Å². The van der Waals surface area contributed by atoms with Crippen molar-refractivity contribution in [3.8, 4) is 0 Å². The van der Waals surface area contributed by atoms with Gasteiger partial charge in [-0.3, -0.25) is 9.59 Å². The minimum atomic E-state index is -0.265. The van der Waals surface area contributed by atoms with Crippen molar-refractivity contribution in [3.05, 3.63) is 59.1 Å². The van der Waals surface area contributed by atoms with Crippen LogP contribution in [0.25, 0.3) is 0 Å². The molecule has 0 bridgehead atoms. The molecule has 4 nitrogen and oxygen atoms in total. The van der Waals surface area contributed by atoms with Crippen molar-refractivity contribution in [2.24, 2.45) is 0 Å². The van der Waals surface area contributed by atoms with Gasteiger partial charge < -0.3 is 10.2 Å². The van der Waals surface area contributed by atoms with Crippen molar-refractivity contribution in [2.45, 2.75) is 13.8 Å². The molecule has 0 unspecified atom stereocenters. The van der Waals surface area contributed by atoms with Crippen molar-refractivity contribution in [1.82, 2.24) is 0 Å². The Morgan fingerprint density at radius 3 is 2.41 bits per heavy atom. The summed E-state index contributed by atoms with van der Waals surface area (Å²) < 4.78 is 0. The Morgan fingerprint density at radius 2 is 1.82 bits per heavy atom. The van der Waals surface area contributed by atoms with Crippen LogP contribution in [-0.2, 0) is 9.59 Å². The first-order chi connectivity index (χ1) is 10.5. The number of hydrogen-bond donors (Lipinski definition) is 1. The van der Waals surface area contributed by atoms with Gasteiger partial charge in [-0.25, -0.2) is 0 Å². The number of hydrogen-bond acceptors (Lipinski definition) is 2. The average molecular weight is 317 g/mol. The standard InChI is InChI=1S/C17H17ClN2O2/c1-12-6-8-15(9-7-12)19-17(22)11-20(13(2)21)16-5-3-4-14(18)10-16/h3-10H,11H2,1-2H3,(H,19,22). The fourth-order valence-corrected chi connectivity index (χ4v) is 2.19. The molecule has 0 fully saturated rings. The molecule has 2 amide bonds. The van der Waals surface area contributed by atoms with E-state index in [-0.39, 0.29) is 18.4 Å². The summed E-state index contributed by atoms with van der Waals surface area (Å²) in [4.78, 5) is 25.3. The number of halogens is 1. The van der Waals surface area contributed by atoms with E-state index in [0.717, 1.165) is 5.56 Å². The van der Waals surface area contributed by atoms with Crippen LogP contribution in [-0.4, -0.2) is 18.4 Å². The van der Waals surface area contributed by atoms with Crippen LogP contribution in [0.15, 0.2) is 48.5 Å². The SMILES string of the molecule is CC(=O)N(CC(=O)Nc1ccc(C)cc1)c1cccc(Cl)c1. The summed E-state index contributed by atoms with van der Waals surface area (Å²) in [6.45, 7) is 3.33. The zero-order chi connectivity index (χ0) is 16.1. The lowest BCUT2D eigenvalue weighted by atomic mass is 10.2. The molecule has 2 aromatic carbocycles. The van der Waals surface area contributed by atoms with E-state index < -0.39 is 0 Å². The number of nitrogens with one attached hydrogen (secondary N) is 1. The topological polar surface area (TPSA) is 49.4 Å². The molecule has 22 heavy (non-hydrogen) atoms. The van der Waals surface area contributed by atoms with E-state index in [4.69, 9.17) is 11.6 Å². The molecule has 0 aliphatic heterocycles. The van der Waals surface area contributed by atoms with Crippen molar-refractivity contribution in [1.29, 1.82) is 0 Å². The predicted molar refractivity (Wildman–Crippen MR) is 89.3 cm³/mol. The average Bonchev–Trinajstić information content (AvgIpc) is 2.47. The highest BCUT2D eigenvalue weighted by molar-refractivity contribution is 6.31. The normalized spacial score (nSPS) is 10.1. The molecule has 0 heterocycles. The fraction of sp³-hybridized carbons (Fsp3) is 0.176. The van der Waals surface area contributed by atoms with Gasteiger partial charge in [0.25, 0.3) is 0 Å². The Bertz CT molecular complexity index is 683. The molecule has 0 saturated heterocycles. The molecular weight excluding hydrogens is 300 g/mol. The van der Waals surface area contributed by atoms with Crippen LogP contribution in [0.5, 0.6) is 0 Å². The summed E-state index contributed by atoms with van der Waals surface area (Å²) in [7, 11) is 0. The van der Waals surface area contributed by atoms with Gasteiger partial charge in [0, 0.05) is 23.3 Å². The summed E-state index contributed by atoms with van der Waals surface area (Å²) >= 11 is 5.94. The molecule has 2 rings (SSSR count). The molecule has 0 saturated carbocycles. The van der Waals surface area contributed by atoms with E-state index in [0.29, 0.717) is 16.4 Å². The molecule has 2 aromatic rings. The zero-order valence-corrected chi connectivity index (χ0v) is 13.2. The van der Waals surface area contributed by atoms with Gasteiger partial charge in [-0.05, 0) is 37.3 Å². The van der Waals surface area contributed by atoms with Crippen molar-refractivity contribution >= 4 is 34.8 Å². The van der Waals surface area contributed by atoms with Gasteiger partial charge in [-0.1, -0.05) is 35.4 Å². The lowest BCUT2D eigenvalue weighted by molar-refractivity contribution is -0.120. The second kappa shape index (κ2) is 7.09. The Balaban J connectivity index is 2.09. The Hall–Kier alpha value is -2.33. The number of aryl methyl sites for hydroxylation is 1. The monoisotopic (exact) mass is 316 g/mol. The number of nitrogens with zero attached hydrogens (tertiary/aromatic N) is 1. The van der Waals surface area contributed by atoms with Gasteiger partial charge in [-0.15, -0.1) is 0 Å². The molecule has 0 aliphatic carbocycles. The van der Waals surface area contributed by atoms with Gasteiger partial charge in [0.2, 0.25) is 11.8 Å². The molecule has 0 radical (unpaired) electrons. The van der Waals surface area contributed by atoms with Crippen LogP contribution in [0.1, 0.15) is 12.5 Å². The Morgan fingerprint density at radius 1 is 1.14 bits per heavy atom. The molecular formula is C17H17ClN2O2. The van der Waals surface area contributed by atoms with E-state index in [2.05, 4.69) is 5.32 Å². The third kappa shape index (κ3) is 4.33. The second-order valence-corrected chi connectivity index (χ2v) is 5.44. The minimum Gasteiger partial charge on any atom is -0.325 e. The number of amides is 2. The maximum atomic E-state index is 12.1. The van der Waals surface area contributed by atoms with E-state index in [1.807, 2.05) is 31.2 Å². The smallest absolute Gasteiger partial charge is 0.244 e. The Kier molecular flexibility index (Phi) is 5.17. The quantitative estimate of drug-likeness (QED) is 0.936. The van der Waals surface area contributed by atoms with Crippen LogP contribution >= 0.6 is 11.6 Å². The molecule has 5 heteroatoms. The first kappa shape index (κ1) is 16.0. The van der Waals surface area contributed by atoms with Gasteiger partial charge in [0.15, 0.2) is 0 Å². The van der Waals surface area contributed by atoms with Gasteiger partial charge in [0.05, 0.1) is 0 Å². The van der Waals surface area contributed by atoms with Crippen molar-refractivity contribution in [3.63, 3.8) is 0 Å². The lowest BCUT2D eigenvalue weighted by Crippen LogP contribution is -2.36. The molecule has 0 aliphatic rings. The molecule has 0 aromatic heterocycles. The summed E-state index contributed by atoms with van der Waals surface area (Å²) in [6.07, 6.45) is 0. The summed E-state index contributed by atoms with van der Waals surface area (Å²) in [5, 5.41) is 3.29. The zero-order valence-electron chi connectivity index (χ0n) is 12.5.